The normalized spacial score (nSPS) is 19.2. The van der Waals surface area contributed by atoms with Crippen LogP contribution in [0.4, 0.5) is 4.79 Å². The van der Waals surface area contributed by atoms with Crippen LogP contribution in [0.25, 0.3) is 0 Å². The van der Waals surface area contributed by atoms with Gasteiger partial charge >= 0.3 is 12.0 Å². The fraction of sp³-hybridized carbons (Fsp3) is 0.375. The van der Waals surface area contributed by atoms with Crippen molar-refractivity contribution in [1.82, 2.24) is 20.4 Å². The molecule has 0 spiro atoms. The van der Waals surface area contributed by atoms with Gasteiger partial charge < -0.3 is 24.7 Å². The number of hydrogen-bond acceptors (Lipinski definition) is 6. The molecule has 0 radical (unpaired) electrons. The summed E-state index contributed by atoms with van der Waals surface area (Å²) in [6.45, 7) is 6.41. The number of benzene rings is 1. The summed E-state index contributed by atoms with van der Waals surface area (Å²) in [5.74, 6) is 0.443. The maximum absolute atomic E-state index is 12.9. The Morgan fingerprint density at radius 3 is 2.45 bits per heavy atom. The second-order valence-corrected chi connectivity index (χ2v) is 8.03. The van der Waals surface area contributed by atoms with Crippen molar-refractivity contribution in [2.45, 2.75) is 19.9 Å². The van der Waals surface area contributed by atoms with Gasteiger partial charge in [-0.25, -0.2) is 9.59 Å². The van der Waals surface area contributed by atoms with Crippen molar-refractivity contribution in [3.05, 3.63) is 70.8 Å². The van der Waals surface area contributed by atoms with Crippen molar-refractivity contribution in [1.29, 1.82) is 0 Å². The number of amides is 3. The summed E-state index contributed by atoms with van der Waals surface area (Å²) in [6, 6.07) is 11.8. The largest absolute Gasteiger partial charge is 0.463 e. The van der Waals surface area contributed by atoms with Crippen molar-refractivity contribution in [2.75, 3.05) is 39.3 Å². The van der Waals surface area contributed by atoms with E-state index in [0.717, 1.165) is 5.56 Å². The van der Waals surface area contributed by atoms with Gasteiger partial charge in [-0.1, -0.05) is 30.3 Å². The molecule has 1 unspecified atom stereocenters. The number of nitrogens with zero attached hydrogens (tertiary/aromatic N) is 2. The van der Waals surface area contributed by atoms with Crippen LogP contribution >= 0.6 is 0 Å². The minimum Gasteiger partial charge on any atom is -0.463 e. The number of aryl methyl sites for hydroxylation is 1. The number of esters is 1. The Balaban J connectivity index is 1.51. The summed E-state index contributed by atoms with van der Waals surface area (Å²) >= 11 is 0. The van der Waals surface area contributed by atoms with Gasteiger partial charge in [-0.2, -0.15) is 0 Å². The highest BCUT2D eigenvalue weighted by atomic mass is 16.5. The number of ether oxygens (including phenoxy) is 1. The SMILES string of the molecule is CCOC(=O)C1=C(CN2CCN(C(=O)c3ccc(C)o3)CC2)NC(=O)NC1c1ccccc1. The standard InChI is InChI=1S/C24H28N4O5/c1-3-32-23(30)20-18(25-24(31)26-21(20)17-7-5-4-6-8-17)15-27-11-13-28(14-12-27)22(29)19-10-9-16(2)33-19/h4-10,21H,3,11-15H2,1-2H3,(H2,25,26,31). The van der Waals surface area contributed by atoms with Gasteiger partial charge in [0.05, 0.1) is 18.2 Å². The highest BCUT2D eigenvalue weighted by Crippen LogP contribution is 2.28. The van der Waals surface area contributed by atoms with Gasteiger partial charge in [0.15, 0.2) is 5.76 Å². The molecule has 1 atom stereocenters. The fourth-order valence-corrected chi connectivity index (χ4v) is 4.13. The molecule has 0 aliphatic carbocycles. The van der Waals surface area contributed by atoms with Crippen LogP contribution in [0.3, 0.4) is 0 Å². The highest BCUT2D eigenvalue weighted by Gasteiger charge is 2.35. The van der Waals surface area contributed by atoms with E-state index in [4.69, 9.17) is 9.15 Å². The predicted molar refractivity (Wildman–Crippen MR) is 120 cm³/mol. The second-order valence-electron chi connectivity index (χ2n) is 8.03. The van der Waals surface area contributed by atoms with E-state index in [0.29, 0.717) is 55.5 Å². The van der Waals surface area contributed by atoms with Gasteiger partial charge in [0.25, 0.3) is 5.91 Å². The van der Waals surface area contributed by atoms with E-state index in [1.165, 1.54) is 0 Å². The first-order chi connectivity index (χ1) is 16.0. The molecule has 9 heteroatoms. The van der Waals surface area contributed by atoms with Gasteiger partial charge in [-0.05, 0) is 31.5 Å². The summed E-state index contributed by atoms with van der Waals surface area (Å²) in [4.78, 5) is 41.8. The molecule has 3 amide bonds. The monoisotopic (exact) mass is 452 g/mol. The van der Waals surface area contributed by atoms with Crippen LogP contribution in [0.15, 0.2) is 58.2 Å². The van der Waals surface area contributed by atoms with Crippen molar-refractivity contribution >= 4 is 17.9 Å². The van der Waals surface area contributed by atoms with Crippen LogP contribution < -0.4 is 10.6 Å². The molecule has 2 aliphatic heterocycles. The van der Waals surface area contributed by atoms with Crippen LogP contribution in [0.5, 0.6) is 0 Å². The number of carbonyl (C=O) groups excluding carboxylic acids is 3. The van der Waals surface area contributed by atoms with E-state index < -0.39 is 12.0 Å². The molecule has 1 saturated heterocycles. The maximum Gasteiger partial charge on any atom is 0.338 e. The van der Waals surface area contributed by atoms with Gasteiger partial charge in [0.1, 0.15) is 5.76 Å². The Bertz CT molecular complexity index is 1050. The lowest BCUT2D eigenvalue weighted by Crippen LogP contribution is -2.52. The van der Waals surface area contributed by atoms with E-state index in [-0.39, 0.29) is 18.5 Å². The Kier molecular flexibility index (Phi) is 6.79. The molecule has 2 aromatic rings. The summed E-state index contributed by atoms with van der Waals surface area (Å²) < 4.78 is 10.8. The zero-order valence-electron chi connectivity index (χ0n) is 18.8. The molecule has 33 heavy (non-hydrogen) atoms. The highest BCUT2D eigenvalue weighted by molar-refractivity contribution is 5.95. The number of nitrogens with one attached hydrogen (secondary N) is 2. The van der Waals surface area contributed by atoms with Crippen LogP contribution in [0.1, 0.15) is 34.8 Å². The van der Waals surface area contributed by atoms with Gasteiger partial charge in [0, 0.05) is 38.4 Å². The summed E-state index contributed by atoms with van der Waals surface area (Å²) in [5.41, 5.74) is 1.72. The Labute approximate surface area is 192 Å². The molecule has 0 bridgehead atoms. The number of piperazine rings is 1. The molecule has 1 aromatic heterocycles. The summed E-state index contributed by atoms with van der Waals surface area (Å²) in [7, 11) is 0. The number of rotatable bonds is 6. The number of hydrogen-bond donors (Lipinski definition) is 2. The van der Waals surface area contributed by atoms with Crippen LogP contribution in [-0.2, 0) is 9.53 Å². The number of carbonyl (C=O) groups is 3. The zero-order chi connectivity index (χ0) is 23.4. The van der Waals surface area contributed by atoms with Crippen LogP contribution in [-0.4, -0.2) is 67.0 Å². The molecular formula is C24H28N4O5. The van der Waals surface area contributed by atoms with E-state index in [1.807, 2.05) is 30.3 Å². The average molecular weight is 453 g/mol. The summed E-state index contributed by atoms with van der Waals surface area (Å²) in [5, 5.41) is 5.65. The molecule has 1 fully saturated rings. The Morgan fingerprint density at radius 1 is 1.09 bits per heavy atom. The van der Waals surface area contributed by atoms with Crippen LogP contribution in [0, 0.1) is 6.92 Å². The lowest BCUT2D eigenvalue weighted by atomic mass is 9.95. The van der Waals surface area contributed by atoms with E-state index >= 15 is 0 Å². The van der Waals surface area contributed by atoms with Gasteiger partial charge in [-0.15, -0.1) is 0 Å². The Morgan fingerprint density at radius 2 is 1.82 bits per heavy atom. The lowest BCUT2D eigenvalue weighted by molar-refractivity contribution is -0.139. The van der Waals surface area contributed by atoms with E-state index in [9.17, 15) is 14.4 Å². The molecule has 174 valence electrons. The number of furan rings is 1. The molecule has 1 aromatic carbocycles. The third-order valence-electron chi connectivity index (χ3n) is 5.77. The average Bonchev–Trinajstić information content (AvgIpc) is 3.25. The molecular weight excluding hydrogens is 424 g/mol. The van der Waals surface area contributed by atoms with Gasteiger partial charge in [0.2, 0.25) is 0 Å². The molecule has 4 rings (SSSR count). The minimum absolute atomic E-state index is 0.131. The minimum atomic E-state index is -0.598. The van der Waals surface area contributed by atoms with E-state index in [2.05, 4.69) is 15.5 Å². The third-order valence-corrected chi connectivity index (χ3v) is 5.77. The lowest BCUT2D eigenvalue weighted by Gasteiger charge is -2.36. The Hall–Kier alpha value is -3.59. The molecule has 9 nitrogen and oxygen atoms in total. The summed E-state index contributed by atoms with van der Waals surface area (Å²) in [6.07, 6.45) is 0. The fourth-order valence-electron chi connectivity index (χ4n) is 4.13. The van der Waals surface area contributed by atoms with Crippen molar-refractivity contribution in [2.24, 2.45) is 0 Å². The number of urea groups is 1. The van der Waals surface area contributed by atoms with Crippen LogP contribution in [0.2, 0.25) is 0 Å². The smallest absolute Gasteiger partial charge is 0.338 e. The first kappa shape index (κ1) is 22.6. The predicted octanol–water partition coefficient (Wildman–Crippen LogP) is 2.22. The first-order valence-corrected chi connectivity index (χ1v) is 11.1. The molecule has 2 aliphatic rings. The molecule has 2 N–H and O–H groups in total. The second kappa shape index (κ2) is 9.91. The maximum atomic E-state index is 12.9. The first-order valence-electron chi connectivity index (χ1n) is 11.1. The van der Waals surface area contributed by atoms with Crippen molar-refractivity contribution in [3.63, 3.8) is 0 Å². The van der Waals surface area contributed by atoms with Gasteiger partial charge in [-0.3, -0.25) is 9.69 Å². The third kappa shape index (κ3) is 5.09. The topological polar surface area (TPSA) is 104 Å². The molecule has 0 saturated carbocycles. The van der Waals surface area contributed by atoms with Crippen molar-refractivity contribution < 1.29 is 23.5 Å². The quantitative estimate of drug-likeness (QED) is 0.652. The zero-order valence-corrected chi connectivity index (χ0v) is 18.8. The molecule has 3 heterocycles. The van der Waals surface area contributed by atoms with E-state index in [1.54, 1.807) is 30.9 Å². The van der Waals surface area contributed by atoms with Crippen molar-refractivity contribution in [3.8, 4) is 0 Å².